The lowest BCUT2D eigenvalue weighted by molar-refractivity contribution is -0.118. The van der Waals surface area contributed by atoms with Gasteiger partial charge in [0.05, 0.1) is 12.6 Å². The van der Waals surface area contributed by atoms with Gasteiger partial charge in [0.1, 0.15) is 0 Å². The first-order valence-corrected chi connectivity index (χ1v) is 6.40. The summed E-state index contributed by atoms with van der Waals surface area (Å²) in [4.78, 5) is 12.2. The molecule has 0 aromatic heterocycles. The average molecular weight is 243 g/mol. The number of hydrogen-bond acceptors (Lipinski definition) is 2. The molecule has 3 aliphatic carbocycles. The molecule has 0 unspecified atom stereocenters. The predicted octanol–water partition coefficient (Wildman–Crippen LogP) is 1.63. The van der Waals surface area contributed by atoms with Gasteiger partial charge in [-0.3, -0.25) is 4.79 Å². The van der Waals surface area contributed by atoms with Gasteiger partial charge in [0.25, 0.3) is 5.91 Å². The fraction of sp³-hybridized carbons (Fsp3) is 0.400. The van der Waals surface area contributed by atoms with Crippen LogP contribution in [-0.4, -0.2) is 23.7 Å². The number of carbonyl (C=O) groups is 1. The first-order chi connectivity index (χ1) is 8.61. The average Bonchev–Trinajstić information content (AvgIpc) is 2.83. The molecule has 3 rings (SSSR count). The Bertz CT molecular complexity index is 547. The molecule has 0 bridgehead atoms. The van der Waals surface area contributed by atoms with Crippen LogP contribution in [0.2, 0.25) is 0 Å². The minimum Gasteiger partial charge on any atom is -0.394 e. The summed E-state index contributed by atoms with van der Waals surface area (Å²) >= 11 is 0. The van der Waals surface area contributed by atoms with Crippen LogP contribution in [0, 0.1) is 5.92 Å². The third-order valence-corrected chi connectivity index (χ3v) is 3.83. The van der Waals surface area contributed by atoms with Gasteiger partial charge in [-0.25, -0.2) is 0 Å². The molecule has 94 valence electrons. The van der Waals surface area contributed by atoms with Crippen molar-refractivity contribution in [1.29, 1.82) is 0 Å². The fourth-order valence-electron chi connectivity index (χ4n) is 2.50. The van der Waals surface area contributed by atoms with Crippen LogP contribution in [0.15, 0.2) is 46.1 Å². The first-order valence-electron chi connectivity index (χ1n) is 6.40. The van der Waals surface area contributed by atoms with Crippen molar-refractivity contribution in [3.8, 4) is 0 Å². The number of carbonyl (C=O) groups excluding carboxylic acids is 1. The number of aliphatic hydroxyl groups is 1. The van der Waals surface area contributed by atoms with Crippen LogP contribution in [-0.2, 0) is 4.79 Å². The van der Waals surface area contributed by atoms with E-state index in [1.54, 1.807) is 0 Å². The Morgan fingerprint density at radius 1 is 1.39 bits per heavy atom. The zero-order valence-corrected chi connectivity index (χ0v) is 10.7. The molecule has 1 atom stereocenters. The van der Waals surface area contributed by atoms with Gasteiger partial charge in [-0.2, -0.15) is 0 Å². The summed E-state index contributed by atoms with van der Waals surface area (Å²) in [5.41, 5.74) is 5.78. The Hall–Kier alpha value is -1.61. The zero-order chi connectivity index (χ0) is 12.9. The molecule has 3 heteroatoms. The van der Waals surface area contributed by atoms with Crippen molar-refractivity contribution in [3.05, 3.63) is 46.1 Å². The maximum Gasteiger partial charge on any atom is 0.252 e. The predicted molar refractivity (Wildman–Crippen MR) is 69.7 cm³/mol. The second kappa shape index (κ2) is 3.95. The smallest absolute Gasteiger partial charge is 0.252 e. The SMILES string of the molecule is CC(C)[C@@H](CO)NC(=O)C1=C2C=C3CC3=C2C=C1. The summed E-state index contributed by atoms with van der Waals surface area (Å²) in [6.07, 6.45) is 7.11. The fourth-order valence-corrected chi connectivity index (χ4v) is 2.50. The number of aliphatic hydroxyl groups excluding tert-OH is 1. The number of fused-ring (bicyclic) bond motifs is 2. The lowest BCUT2D eigenvalue weighted by Crippen LogP contribution is -2.41. The van der Waals surface area contributed by atoms with Crippen LogP contribution in [0.25, 0.3) is 0 Å². The van der Waals surface area contributed by atoms with E-state index in [0.717, 1.165) is 17.6 Å². The highest BCUT2D eigenvalue weighted by molar-refractivity contribution is 6.02. The second-order valence-electron chi connectivity index (χ2n) is 5.41. The molecule has 0 spiro atoms. The molecule has 18 heavy (non-hydrogen) atoms. The van der Waals surface area contributed by atoms with E-state index in [-0.39, 0.29) is 24.5 Å². The summed E-state index contributed by atoms with van der Waals surface area (Å²) in [5.74, 6) is 0.144. The minimum absolute atomic E-state index is 0.0230. The summed E-state index contributed by atoms with van der Waals surface area (Å²) in [5, 5.41) is 12.2. The molecule has 0 aliphatic heterocycles. The summed E-state index contributed by atoms with van der Waals surface area (Å²) in [7, 11) is 0. The lowest BCUT2D eigenvalue weighted by Gasteiger charge is -2.20. The zero-order valence-electron chi connectivity index (χ0n) is 10.7. The topological polar surface area (TPSA) is 49.3 Å². The van der Waals surface area contributed by atoms with E-state index < -0.39 is 0 Å². The van der Waals surface area contributed by atoms with E-state index in [0.29, 0.717) is 0 Å². The van der Waals surface area contributed by atoms with Gasteiger partial charge >= 0.3 is 0 Å². The van der Waals surface area contributed by atoms with Gasteiger partial charge < -0.3 is 10.4 Å². The molecule has 1 fully saturated rings. The molecule has 1 amide bonds. The van der Waals surface area contributed by atoms with Crippen LogP contribution < -0.4 is 5.32 Å². The van der Waals surface area contributed by atoms with Crippen LogP contribution in [0.3, 0.4) is 0 Å². The quantitative estimate of drug-likeness (QED) is 0.788. The normalized spacial score (nSPS) is 21.2. The molecule has 0 heterocycles. The molecule has 1 saturated carbocycles. The first kappa shape index (κ1) is 11.5. The van der Waals surface area contributed by atoms with Crippen molar-refractivity contribution in [2.24, 2.45) is 5.92 Å². The van der Waals surface area contributed by atoms with Crippen molar-refractivity contribution >= 4 is 5.91 Å². The van der Waals surface area contributed by atoms with Crippen LogP contribution in [0.5, 0.6) is 0 Å². The van der Waals surface area contributed by atoms with E-state index in [4.69, 9.17) is 0 Å². The van der Waals surface area contributed by atoms with Gasteiger partial charge in [0.2, 0.25) is 0 Å². The van der Waals surface area contributed by atoms with E-state index in [1.165, 1.54) is 16.7 Å². The van der Waals surface area contributed by atoms with Gasteiger partial charge in [-0.15, -0.1) is 0 Å². The van der Waals surface area contributed by atoms with E-state index in [1.807, 2.05) is 26.0 Å². The third-order valence-electron chi connectivity index (χ3n) is 3.83. The van der Waals surface area contributed by atoms with Crippen molar-refractivity contribution in [2.45, 2.75) is 26.3 Å². The highest BCUT2D eigenvalue weighted by Gasteiger charge is 2.35. The van der Waals surface area contributed by atoms with Gasteiger partial charge in [-0.1, -0.05) is 19.9 Å². The monoisotopic (exact) mass is 243 g/mol. The summed E-state index contributed by atoms with van der Waals surface area (Å²) < 4.78 is 0. The largest absolute Gasteiger partial charge is 0.394 e. The molecule has 0 aromatic rings. The lowest BCUT2D eigenvalue weighted by atomic mass is 10.0. The van der Waals surface area contributed by atoms with E-state index in [9.17, 15) is 9.90 Å². The second-order valence-corrected chi connectivity index (χ2v) is 5.41. The number of hydrogen-bond donors (Lipinski definition) is 2. The molecular formula is C15H17NO2. The Balaban J connectivity index is 1.79. The molecule has 0 saturated heterocycles. The number of nitrogens with one attached hydrogen (secondary N) is 1. The van der Waals surface area contributed by atoms with Crippen molar-refractivity contribution in [3.63, 3.8) is 0 Å². The highest BCUT2D eigenvalue weighted by atomic mass is 16.3. The maximum atomic E-state index is 12.2. The molecule has 3 nitrogen and oxygen atoms in total. The van der Waals surface area contributed by atoms with Crippen LogP contribution in [0.4, 0.5) is 0 Å². The van der Waals surface area contributed by atoms with Gasteiger partial charge in [0, 0.05) is 5.57 Å². The highest BCUT2D eigenvalue weighted by Crippen LogP contribution is 2.51. The Labute approximate surface area is 107 Å². The van der Waals surface area contributed by atoms with Crippen molar-refractivity contribution < 1.29 is 9.90 Å². The van der Waals surface area contributed by atoms with Crippen molar-refractivity contribution in [2.75, 3.05) is 6.61 Å². The van der Waals surface area contributed by atoms with Gasteiger partial charge in [0.15, 0.2) is 0 Å². The third kappa shape index (κ3) is 1.66. The molecular weight excluding hydrogens is 226 g/mol. The van der Waals surface area contributed by atoms with Crippen LogP contribution >= 0.6 is 0 Å². The van der Waals surface area contributed by atoms with Crippen LogP contribution in [0.1, 0.15) is 20.3 Å². The molecule has 0 aromatic carbocycles. The maximum absolute atomic E-state index is 12.2. The Morgan fingerprint density at radius 2 is 2.17 bits per heavy atom. The number of allylic oxidation sites excluding steroid dienone is 6. The Kier molecular flexibility index (Phi) is 2.52. The molecule has 0 radical (unpaired) electrons. The minimum atomic E-state index is -0.181. The van der Waals surface area contributed by atoms with E-state index >= 15 is 0 Å². The van der Waals surface area contributed by atoms with E-state index in [2.05, 4.69) is 11.4 Å². The van der Waals surface area contributed by atoms with Crippen molar-refractivity contribution in [1.82, 2.24) is 5.32 Å². The summed E-state index contributed by atoms with van der Waals surface area (Å²) in [6, 6.07) is -0.181. The number of amides is 1. The molecule has 3 aliphatic rings. The standard InChI is InChI=1S/C15H17NO2/c1-8(2)14(7-17)16-15(18)11-4-3-10-12-5-9(12)6-13(10)11/h3-4,6,8,14,17H,5,7H2,1-2H3,(H,16,18)/t14-/m1/s1. The molecule has 2 N–H and O–H groups in total. The Morgan fingerprint density at radius 3 is 2.83 bits per heavy atom. The van der Waals surface area contributed by atoms with Gasteiger partial charge in [-0.05, 0) is 46.8 Å². The number of rotatable bonds is 4. The summed E-state index contributed by atoms with van der Waals surface area (Å²) in [6.45, 7) is 3.96.